The van der Waals surface area contributed by atoms with Crippen LogP contribution in [0.25, 0.3) is 0 Å². The van der Waals surface area contributed by atoms with Crippen molar-refractivity contribution in [1.82, 2.24) is 0 Å². The van der Waals surface area contributed by atoms with Gasteiger partial charge < -0.3 is 35.3 Å². The minimum absolute atomic E-state index is 0.0915. The first-order chi connectivity index (χ1) is 17.7. The van der Waals surface area contributed by atoms with Crippen LogP contribution in [0.3, 0.4) is 0 Å². The molecule has 0 radical (unpaired) electrons. The average Bonchev–Trinajstić information content (AvgIpc) is 3.60. The van der Waals surface area contributed by atoms with E-state index in [0.717, 1.165) is 12.0 Å². The lowest BCUT2D eigenvalue weighted by Crippen LogP contribution is -2.43. The van der Waals surface area contributed by atoms with Crippen LogP contribution >= 0.6 is 0 Å². The van der Waals surface area contributed by atoms with Gasteiger partial charge in [-0.15, -0.1) is 0 Å². The molecule has 0 aromatic carbocycles. The Labute approximate surface area is 226 Å². The van der Waals surface area contributed by atoms with Crippen LogP contribution in [0.5, 0.6) is 0 Å². The zero-order valence-electron chi connectivity index (χ0n) is 23.6. The van der Waals surface area contributed by atoms with Gasteiger partial charge in [-0.2, -0.15) is 0 Å². The van der Waals surface area contributed by atoms with Crippen molar-refractivity contribution in [3.8, 4) is 0 Å². The van der Waals surface area contributed by atoms with Gasteiger partial charge in [0, 0.05) is 11.8 Å². The molecule has 1 fully saturated rings. The summed E-state index contributed by atoms with van der Waals surface area (Å²) in [6.07, 6.45) is 6.96. The number of aliphatic hydroxyl groups is 3. The molecule has 10 atom stereocenters. The van der Waals surface area contributed by atoms with Gasteiger partial charge in [-0.3, -0.25) is 4.79 Å². The number of hydrogen-bond donors (Lipinski definition) is 4. The van der Waals surface area contributed by atoms with Crippen LogP contribution in [0.4, 0.5) is 4.79 Å². The molecule has 1 saturated heterocycles. The lowest BCUT2D eigenvalue weighted by Gasteiger charge is -2.32. The number of cyclic esters (lactones) is 1. The Morgan fingerprint density at radius 2 is 2.03 bits per heavy atom. The number of ether oxygens (including phenoxy) is 3. The van der Waals surface area contributed by atoms with E-state index in [1.54, 1.807) is 12.2 Å². The third-order valence-corrected chi connectivity index (χ3v) is 7.58. The normalized spacial score (nSPS) is 35.5. The summed E-state index contributed by atoms with van der Waals surface area (Å²) in [7, 11) is 0. The van der Waals surface area contributed by atoms with Crippen molar-refractivity contribution in [1.29, 1.82) is 0 Å². The summed E-state index contributed by atoms with van der Waals surface area (Å²) in [5.74, 6) is -0.484. The van der Waals surface area contributed by atoms with Crippen LogP contribution in [0.15, 0.2) is 36.0 Å². The maximum absolute atomic E-state index is 12.6. The summed E-state index contributed by atoms with van der Waals surface area (Å²) in [5, 5.41) is 31.3. The monoisotopic (exact) mass is 537 g/mol. The highest BCUT2D eigenvalue weighted by atomic mass is 16.6. The number of amides is 1. The van der Waals surface area contributed by atoms with Gasteiger partial charge >= 0.3 is 12.1 Å². The fourth-order valence-electron chi connectivity index (χ4n) is 4.91. The molecule has 0 spiro atoms. The largest absolute Gasteiger partial charge is 0.457 e. The molecule has 0 aromatic rings. The predicted molar refractivity (Wildman–Crippen MR) is 144 cm³/mol. The topological polar surface area (TPSA) is 152 Å². The molecule has 38 heavy (non-hydrogen) atoms. The van der Waals surface area contributed by atoms with Crippen molar-refractivity contribution in [2.75, 3.05) is 0 Å². The molecule has 9 heteroatoms. The Balaban J connectivity index is 2.12. The summed E-state index contributed by atoms with van der Waals surface area (Å²) < 4.78 is 16.7. The molecule has 0 aliphatic carbocycles. The minimum atomic E-state index is -1.48. The highest BCUT2D eigenvalue weighted by Gasteiger charge is 2.45. The number of carbonyl (C=O) groups excluding carboxylic acids is 2. The minimum Gasteiger partial charge on any atom is -0.457 e. The summed E-state index contributed by atoms with van der Waals surface area (Å²) >= 11 is 0. The molecule has 0 bridgehead atoms. The molecule has 216 valence electrons. The van der Waals surface area contributed by atoms with E-state index in [9.17, 15) is 24.9 Å². The van der Waals surface area contributed by atoms with E-state index in [0.29, 0.717) is 6.42 Å². The van der Waals surface area contributed by atoms with E-state index in [2.05, 4.69) is 13.0 Å². The van der Waals surface area contributed by atoms with Crippen molar-refractivity contribution in [3.05, 3.63) is 36.0 Å². The van der Waals surface area contributed by atoms with Crippen LogP contribution in [0, 0.1) is 17.8 Å². The van der Waals surface area contributed by atoms with Gasteiger partial charge in [-0.25, -0.2) is 4.79 Å². The first-order valence-electron chi connectivity index (χ1n) is 13.7. The molecular formula is C29H47NO8. The summed E-state index contributed by atoms with van der Waals surface area (Å²) in [6, 6.07) is 0. The van der Waals surface area contributed by atoms with Crippen molar-refractivity contribution >= 4 is 12.1 Å². The molecule has 2 rings (SSSR count). The zero-order chi connectivity index (χ0) is 28.6. The number of primary amides is 1. The second-order valence-corrected chi connectivity index (χ2v) is 11.2. The standard InChI is InChI=1S/C29H47NO8/c1-7-22(32)20(5)27-23(36-27)15-17(2)9-8-10-18(3)26-19(4)11-12-24(37-28(30)34)29(6,35)14-13-21(31)16-25(33)38-26/h8-12,17,19-24,26-27,31-32,35H,7,13-16H2,1-6H3,(H2,30,34). The average molecular weight is 538 g/mol. The van der Waals surface area contributed by atoms with Gasteiger partial charge in [-0.1, -0.05) is 52.0 Å². The molecule has 2 aliphatic rings. The van der Waals surface area contributed by atoms with E-state index >= 15 is 0 Å². The number of nitrogens with two attached hydrogens (primary N) is 1. The molecule has 2 heterocycles. The number of allylic oxidation sites excluding steroid dienone is 3. The van der Waals surface area contributed by atoms with E-state index in [-0.39, 0.29) is 55.3 Å². The molecule has 10 unspecified atom stereocenters. The van der Waals surface area contributed by atoms with E-state index in [1.165, 1.54) is 6.92 Å². The van der Waals surface area contributed by atoms with Gasteiger partial charge in [0.15, 0.2) is 6.10 Å². The first kappa shape index (κ1) is 32.0. The highest BCUT2D eigenvalue weighted by Crippen LogP contribution is 2.36. The van der Waals surface area contributed by atoms with Gasteiger partial charge in [0.1, 0.15) is 11.7 Å². The lowest BCUT2D eigenvalue weighted by atomic mass is 9.88. The highest BCUT2D eigenvalue weighted by molar-refractivity contribution is 5.70. The van der Waals surface area contributed by atoms with Gasteiger partial charge in [0.2, 0.25) is 0 Å². The van der Waals surface area contributed by atoms with Gasteiger partial charge in [0.05, 0.1) is 30.8 Å². The fraction of sp³-hybridized carbons (Fsp3) is 0.724. The third-order valence-electron chi connectivity index (χ3n) is 7.58. The molecule has 9 nitrogen and oxygen atoms in total. The van der Waals surface area contributed by atoms with Crippen molar-refractivity contribution < 1.29 is 39.1 Å². The maximum atomic E-state index is 12.6. The second kappa shape index (κ2) is 14.3. The van der Waals surface area contributed by atoms with Crippen LogP contribution in [-0.2, 0) is 19.0 Å². The third kappa shape index (κ3) is 9.84. The van der Waals surface area contributed by atoms with Crippen LogP contribution in [-0.4, -0.2) is 69.6 Å². The summed E-state index contributed by atoms with van der Waals surface area (Å²) in [5.41, 5.74) is 4.53. The number of epoxide rings is 1. The molecule has 2 aliphatic heterocycles. The van der Waals surface area contributed by atoms with Crippen LogP contribution in [0.2, 0.25) is 0 Å². The number of esters is 1. The van der Waals surface area contributed by atoms with E-state index < -0.39 is 36.0 Å². The molecule has 0 saturated carbocycles. The number of aliphatic hydroxyl groups excluding tert-OH is 2. The Morgan fingerprint density at radius 3 is 2.66 bits per heavy atom. The smallest absolute Gasteiger partial charge is 0.405 e. The molecule has 0 aromatic heterocycles. The van der Waals surface area contributed by atoms with Crippen LogP contribution < -0.4 is 5.73 Å². The Kier molecular flexibility index (Phi) is 12.0. The second-order valence-electron chi connectivity index (χ2n) is 11.2. The predicted octanol–water partition coefficient (Wildman–Crippen LogP) is 3.55. The molecular weight excluding hydrogens is 490 g/mol. The molecule has 1 amide bonds. The fourth-order valence-corrected chi connectivity index (χ4v) is 4.91. The van der Waals surface area contributed by atoms with Crippen molar-refractivity contribution in [2.24, 2.45) is 23.5 Å². The van der Waals surface area contributed by atoms with Crippen LogP contribution in [0.1, 0.15) is 73.6 Å². The van der Waals surface area contributed by atoms with Gasteiger partial charge in [-0.05, 0) is 57.1 Å². The first-order valence-corrected chi connectivity index (χ1v) is 13.7. The number of rotatable bonds is 9. The Hall–Kier alpha value is -2.20. The van der Waals surface area contributed by atoms with E-state index in [4.69, 9.17) is 19.9 Å². The zero-order valence-corrected chi connectivity index (χ0v) is 23.6. The Morgan fingerprint density at radius 1 is 1.34 bits per heavy atom. The molecule has 5 N–H and O–H groups in total. The number of hydrogen-bond acceptors (Lipinski definition) is 8. The lowest BCUT2D eigenvalue weighted by molar-refractivity contribution is -0.151. The summed E-state index contributed by atoms with van der Waals surface area (Å²) in [6.45, 7) is 11.3. The van der Waals surface area contributed by atoms with E-state index in [1.807, 2.05) is 39.8 Å². The Bertz CT molecular complexity index is 882. The summed E-state index contributed by atoms with van der Waals surface area (Å²) in [4.78, 5) is 24.0. The van der Waals surface area contributed by atoms with Gasteiger partial charge in [0.25, 0.3) is 0 Å². The SMILES string of the molecule is CCC(O)C(C)C1OC1CC(C)C=CC=C(C)C1OC(=O)CC(O)CCC(C)(O)C(OC(N)=O)C=CC1C. The maximum Gasteiger partial charge on any atom is 0.405 e. The quantitative estimate of drug-likeness (QED) is 0.151. The number of carbonyl (C=O) groups is 2. The van der Waals surface area contributed by atoms with Crippen molar-refractivity contribution in [3.63, 3.8) is 0 Å². The van der Waals surface area contributed by atoms with Crippen molar-refractivity contribution in [2.45, 2.75) is 116 Å².